The van der Waals surface area contributed by atoms with Gasteiger partial charge in [-0.15, -0.1) is 0 Å². The molecule has 132 valence electrons. The van der Waals surface area contributed by atoms with Crippen LogP contribution in [0.3, 0.4) is 0 Å². The molecule has 0 aliphatic rings. The van der Waals surface area contributed by atoms with Gasteiger partial charge in [0.15, 0.2) is 0 Å². The number of nitrogens with one attached hydrogen (secondary N) is 1. The summed E-state index contributed by atoms with van der Waals surface area (Å²) in [5.41, 5.74) is 5.47. The van der Waals surface area contributed by atoms with Crippen LogP contribution in [-0.2, 0) is 9.53 Å². The summed E-state index contributed by atoms with van der Waals surface area (Å²) in [6.07, 6.45) is 5.36. The topological polar surface area (TPSA) is 87.8 Å². The van der Waals surface area contributed by atoms with Gasteiger partial charge in [0.1, 0.15) is 0 Å². The van der Waals surface area contributed by atoms with Crippen molar-refractivity contribution >= 4 is 5.97 Å². The number of rotatable bonds is 15. The number of nitrogens with zero attached hydrogens (tertiary/aromatic N) is 1. The summed E-state index contributed by atoms with van der Waals surface area (Å²) in [4.78, 5) is 13.7. The highest BCUT2D eigenvalue weighted by Gasteiger charge is 2.08. The Morgan fingerprint density at radius 1 is 1.23 bits per heavy atom. The maximum atomic E-state index is 11.5. The van der Waals surface area contributed by atoms with Gasteiger partial charge < -0.3 is 20.9 Å². The number of hydrogen-bond acceptors (Lipinski definition) is 6. The van der Waals surface area contributed by atoms with Gasteiger partial charge in [-0.1, -0.05) is 19.8 Å². The minimum Gasteiger partial charge on any atom is -0.462 e. The zero-order valence-corrected chi connectivity index (χ0v) is 14.4. The Bertz CT molecular complexity index is 265. The van der Waals surface area contributed by atoms with Gasteiger partial charge in [-0.3, -0.25) is 9.69 Å². The third-order valence-electron chi connectivity index (χ3n) is 3.63. The van der Waals surface area contributed by atoms with Crippen LogP contribution < -0.4 is 11.1 Å². The fraction of sp³-hybridized carbons (Fsp3) is 0.938. The lowest BCUT2D eigenvalue weighted by Gasteiger charge is -2.21. The molecule has 1 unspecified atom stereocenters. The number of aliphatic hydroxyl groups excluding tert-OH is 1. The fourth-order valence-electron chi connectivity index (χ4n) is 2.09. The standard InChI is InChI=1S/C16H35N3O3/c1-3-15(2)22-16(21)14-18-9-11-19(12-13-20)10-7-5-4-6-8-17/h15,18,20H,3-14,17H2,1-2H3. The zero-order chi connectivity index (χ0) is 16.6. The van der Waals surface area contributed by atoms with Gasteiger partial charge in [-0.25, -0.2) is 0 Å². The summed E-state index contributed by atoms with van der Waals surface area (Å²) in [6, 6.07) is 0. The molecule has 0 amide bonds. The first-order chi connectivity index (χ1) is 10.6. The first-order valence-corrected chi connectivity index (χ1v) is 8.57. The number of carbonyl (C=O) groups is 1. The number of nitrogens with two attached hydrogens (primary N) is 1. The maximum Gasteiger partial charge on any atom is 0.320 e. The predicted molar refractivity (Wildman–Crippen MR) is 89.8 cm³/mol. The van der Waals surface area contributed by atoms with E-state index in [9.17, 15) is 4.79 Å². The molecule has 6 heteroatoms. The molecule has 0 saturated carbocycles. The van der Waals surface area contributed by atoms with Crippen LogP contribution >= 0.6 is 0 Å². The van der Waals surface area contributed by atoms with Gasteiger partial charge in [0, 0.05) is 19.6 Å². The Morgan fingerprint density at radius 2 is 1.95 bits per heavy atom. The largest absolute Gasteiger partial charge is 0.462 e. The molecule has 0 aromatic heterocycles. The molecule has 0 fully saturated rings. The van der Waals surface area contributed by atoms with Crippen molar-refractivity contribution in [3.8, 4) is 0 Å². The van der Waals surface area contributed by atoms with Gasteiger partial charge in [0.2, 0.25) is 0 Å². The SMILES string of the molecule is CCC(C)OC(=O)CNCCN(CCO)CCCCCCN. The number of unbranched alkanes of at least 4 members (excludes halogenated alkanes) is 3. The van der Waals surface area contributed by atoms with Crippen molar-refractivity contribution in [1.29, 1.82) is 0 Å². The van der Waals surface area contributed by atoms with Crippen molar-refractivity contribution in [1.82, 2.24) is 10.2 Å². The van der Waals surface area contributed by atoms with E-state index in [0.717, 1.165) is 45.4 Å². The van der Waals surface area contributed by atoms with E-state index in [1.54, 1.807) is 0 Å². The second kappa shape index (κ2) is 15.2. The first-order valence-electron chi connectivity index (χ1n) is 8.57. The van der Waals surface area contributed by atoms with Crippen LogP contribution in [0, 0.1) is 0 Å². The van der Waals surface area contributed by atoms with Crippen LogP contribution in [0.15, 0.2) is 0 Å². The Kier molecular flexibility index (Phi) is 14.7. The Labute approximate surface area is 135 Å². The monoisotopic (exact) mass is 317 g/mol. The summed E-state index contributed by atoms with van der Waals surface area (Å²) in [5, 5.41) is 12.2. The minimum atomic E-state index is -0.204. The third kappa shape index (κ3) is 13.0. The molecule has 4 N–H and O–H groups in total. The van der Waals surface area contributed by atoms with E-state index in [2.05, 4.69) is 10.2 Å². The Morgan fingerprint density at radius 3 is 2.59 bits per heavy atom. The molecule has 0 aliphatic heterocycles. The molecule has 0 saturated heterocycles. The van der Waals surface area contributed by atoms with E-state index in [0.29, 0.717) is 6.54 Å². The molecule has 0 spiro atoms. The van der Waals surface area contributed by atoms with Gasteiger partial charge in [0.05, 0.1) is 19.3 Å². The molecule has 0 heterocycles. The average Bonchev–Trinajstić information content (AvgIpc) is 2.50. The van der Waals surface area contributed by atoms with E-state index in [4.69, 9.17) is 15.6 Å². The van der Waals surface area contributed by atoms with Gasteiger partial charge in [0.25, 0.3) is 0 Å². The van der Waals surface area contributed by atoms with Gasteiger partial charge in [-0.05, 0) is 39.3 Å². The van der Waals surface area contributed by atoms with Crippen LogP contribution in [0.25, 0.3) is 0 Å². The minimum absolute atomic E-state index is 0.0197. The number of ether oxygens (including phenoxy) is 1. The molecule has 22 heavy (non-hydrogen) atoms. The van der Waals surface area contributed by atoms with Crippen LogP contribution in [0.1, 0.15) is 46.0 Å². The van der Waals surface area contributed by atoms with Crippen LogP contribution in [0.4, 0.5) is 0 Å². The van der Waals surface area contributed by atoms with Gasteiger partial charge in [-0.2, -0.15) is 0 Å². The summed E-state index contributed by atoms with van der Waals surface area (Å²) >= 11 is 0. The lowest BCUT2D eigenvalue weighted by atomic mass is 10.2. The second-order valence-corrected chi connectivity index (χ2v) is 5.65. The summed E-state index contributed by atoms with van der Waals surface area (Å²) in [6.45, 7) is 8.26. The van der Waals surface area contributed by atoms with E-state index < -0.39 is 0 Å². The van der Waals surface area contributed by atoms with Crippen molar-refractivity contribution in [2.24, 2.45) is 5.73 Å². The highest BCUT2D eigenvalue weighted by Crippen LogP contribution is 2.01. The molecule has 0 aliphatic carbocycles. The van der Waals surface area contributed by atoms with E-state index in [1.807, 2.05) is 13.8 Å². The Hall–Kier alpha value is -0.690. The predicted octanol–water partition coefficient (Wildman–Crippen LogP) is 0.731. The molecule has 0 radical (unpaired) electrons. The Balaban J connectivity index is 3.69. The maximum absolute atomic E-state index is 11.5. The van der Waals surface area contributed by atoms with Crippen molar-refractivity contribution < 1.29 is 14.6 Å². The van der Waals surface area contributed by atoms with E-state index in [-0.39, 0.29) is 25.2 Å². The third-order valence-corrected chi connectivity index (χ3v) is 3.63. The fourth-order valence-corrected chi connectivity index (χ4v) is 2.09. The van der Waals surface area contributed by atoms with E-state index >= 15 is 0 Å². The lowest BCUT2D eigenvalue weighted by Crippen LogP contribution is -2.37. The summed E-state index contributed by atoms with van der Waals surface area (Å²) in [7, 11) is 0. The second-order valence-electron chi connectivity index (χ2n) is 5.65. The number of carbonyl (C=O) groups excluding carboxylic acids is 1. The number of aliphatic hydroxyl groups is 1. The zero-order valence-electron chi connectivity index (χ0n) is 14.4. The molecule has 0 bridgehead atoms. The summed E-state index contributed by atoms with van der Waals surface area (Å²) in [5.74, 6) is -0.204. The first kappa shape index (κ1) is 21.3. The van der Waals surface area contributed by atoms with Gasteiger partial charge >= 0.3 is 5.97 Å². The molecule has 0 rings (SSSR count). The quantitative estimate of drug-likeness (QED) is 0.305. The molecule has 1 atom stereocenters. The smallest absolute Gasteiger partial charge is 0.320 e. The summed E-state index contributed by atoms with van der Waals surface area (Å²) < 4.78 is 5.19. The highest BCUT2D eigenvalue weighted by molar-refractivity contribution is 5.71. The normalized spacial score (nSPS) is 12.6. The van der Waals surface area contributed by atoms with Crippen molar-refractivity contribution in [3.05, 3.63) is 0 Å². The van der Waals surface area contributed by atoms with E-state index in [1.165, 1.54) is 12.8 Å². The average molecular weight is 317 g/mol. The van der Waals surface area contributed by atoms with Crippen molar-refractivity contribution in [3.63, 3.8) is 0 Å². The van der Waals surface area contributed by atoms with Crippen LogP contribution in [-0.4, -0.2) is 68.0 Å². The molecular weight excluding hydrogens is 282 g/mol. The van der Waals surface area contributed by atoms with Crippen LogP contribution in [0.2, 0.25) is 0 Å². The molecule has 0 aromatic carbocycles. The lowest BCUT2D eigenvalue weighted by molar-refractivity contribution is -0.147. The van der Waals surface area contributed by atoms with Crippen molar-refractivity contribution in [2.75, 3.05) is 45.9 Å². The molecule has 6 nitrogen and oxygen atoms in total. The number of hydrogen-bond donors (Lipinski definition) is 3. The number of esters is 1. The molecular formula is C16H35N3O3. The van der Waals surface area contributed by atoms with Crippen molar-refractivity contribution in [2.45, 2.75) is 52.1 Å². The molecule has 0 aromatic rings. The highest BCUT2D eigenvalue weighted by atomic mass is 16.5. The van der Waals surface area contributed by atoms with Crippen LogP contribution in [0.5, 0.6) is 0 Å².